The fourth-order valence-electron chi connectivity index (χ4n) is 3.20. The number of carbonyl (C=O) groups is 2. The van der Waals surface area contributed by atoms with Gasteiger partial charge in [-0.05, 0) is 52.0 Å². The molecular formula is C24H26O7. The number of para-hydroxylation sites is 1. The molecule has 3 rings (SSSR count). The van der Waals surface area contributed by atoms with Crippen LogP contribution in [0.15, 0.2) is 36.1 Å². The first kappa shape index (κ1) is 22.2. The Balaban J connectivity index is 1.84. The van der Waals surface area contributed by atoms with Crippen LogP contribution in [0.1, 0.15) is 42.3 Å². The standard InChI is InChI=1S/C24H26O7/c1-14-17(29-13-20(25)31-24(2,3)4)11-10-16-21(26)19(30-22(14)16)12-15-8-7-9-18(27-5)23(15)28-6/h7-12H,13H2,1-6H3/b19-12-. The summed E-state index contributed by atoms with van der Waals surface area (Å²) in [6.45, 7) is 6.89. The Labute approximate surface area is 181 Å². The van der Waals surface area contributed by atoms with Crippen molar-refractivity contribution in [1.29, 1.82) is 0 Å². The van der Waals surface area contributed by atoms with Crippen LogP contribution >= 0.6 is 0 Å². The molecule has 1 aliphatic rings. The summed E-state index contributed by atoms with van der Waals surface area (Å²) in [6.07, 6.45) is 1.62. The van der Waals surface area contributed by atoms with E-state index < -0.39 is 11.6 Å². The van der Waals surface area contributed by atoms with Gasteiger partial charge in [0.2, 0.25) is 5.78 Å². The Morgan fingerprint density at radius 2 is 1.81 bits per heavy atom. The van der Waals surface area contributed by atoms with E-state index in [-0.39, 0.29) is 18.1 Å². The normalized spacial score (nSPS) is 14.1. The van der Waals surface area contributed by atoms with E-state index in [0.29, 0.717) is 39.7 Å². The maximum Gasteiger partial charge on any atom is 0.344 e. The van der Waals surface area contributed by atoms with Gasteiger partial charge in [-0.2, -0.15) is 0 Å². The monoisotopic (exact) mass is 426 g/mol. The molecule has 0 unspecified atom stereocenters. The number of rotatable bonds is 6. The van der Waals surface area contributed by atoms with Gasteiger partial charge in [-0.1, -0.05) is 12.1 Å². The minimum atomic E-state index is -0.593. The summed E-state index contributed by atoms with van der Waals surface area (Å²) in [6, 6.07) is 8.64. The van der Waals surface area contributed by atoms with E-state index in [0.717, 1.165) is 0 Å². The van der Waals surface area contributed by atoms with Crippen LogP contribution in [0, 0.1) is 6.92 Å². The molecule has 0 atom stereocenters. The molecular weight excluding hydrogens is 400 g/mol. The Kier molecular flexibility index (Phi) is 6.24. The predicted molar refractivity (Wildman–Crippen MR) is 115 cm³/mol. The number of esters is 1. The molecule has 164 valence electrons. The highest BCUT2D eigenvalue weighted by molar-refractivity contribution is 6.15. The molecule has 0 N–H and O–H groups in total. The highest BCUT2D eigenvalue weighted by Crippen LogP contribution is 2.40. The summed E-state index contributed by atoms with van der Waals surface area (Å²) >= 11 is 0. The molecule has 0 aliphatic carbocycles. The lowest BCUT2D eigenvalue weighted by atomic mass is 10.1. The molecule has 2 aromatic carbocycles. The first-order valence-corrected chi connectivity index (χ1v) is 9.78. The van der Waals surface area contributed by atoms with Crippen molar-refractivity contribution in [2.75, 3.05) is 20.8 Å². The van der Waals surface area contributed by atoms with Crippen molar-refractivity contribution >= 4 is 17.8 Å². The number of benzene rings is 2. The van der Waals surface area contributed by atoms with Crippen molar-refractivity contribution in [2.45, 2.75) is 33.3 Å². The zero-order chi connectivity index (χ0) is 22.8. The van der Waals surface area contributed by atoms with Crippen LogP contribution in [-0.4, -0.2) is 38.2 Å². The fourth-order valence-corrected chi connectivity index (χ4v) is 3.20. The van der Waals surface area contributed by atoms with Gasteiger partial charge in [0, 0.05) is 11.1 Å². The van der Waals surface area contributed by atoms with Crippen LogP contribution in [-0.2, 0) is 9.53 Å². The van der Waals surface area contributed by atoms with Crippen molar-refractivity contribution in [2.24, 2.45) is 0 Å². The number of hydrogen-bond acceptors (Lipinski definition) is 7. The Morgan fingerprint density at radius 1 is 1.06 bits per heavy atom. The summed E-state index contributed by atoms with van der Waals surface area (Å²) in [5, 5.41) is 0. The van der Waals surface area contributed by atoms with E-state index in [1.165, 1.54) is 7.11 Å². The lowest BCUT2D eigenvalue weighted by Gasteiger charge is -2.19. The molecule has 0 amide bonds. The van der Waals surface area contributed by atoms with E-state index in [1.807, 2.05) is 0 Å². The van der Waals surface area contributed by atoms with E-state index in [4.69, 9.17) is 23.7 Å². The average Bonchev–Trinajstić information content (AvgIpc) is 3.02. The van der Waals surface area contributed by atoms with Gasteiger partial charge in [0.1, 0.15) is 17.1 Å². The quantitative estimate of drug-likeness (QED) is 0.502. The SMILES string of the molecule is COc1cccc(/C=C2\Oc3c(ccc(OCC(=O)OC(C)(C)C)c3C)C2=O)c1OC. The molecule has 0 aromatic heterocycles. The first-order chi connectivity index (χ1) is 14.6. The van der Waals surface area contributed by atoms with E-state index in [9.17, 15) is 9.59 Å². The van der Waals surface area contributed by atoms with E-state index >= 15 is 0 Å². The first-order valence-electron chi connectivity index (χ1n) is 9.78. The van der Waals surface area contributed by atoms with Crippen LogP contribution < -0.4 is 18.9 Å². The number of hydrogen-bond donors (Lipinski definition) is 0. The molecule has 0 spiro atoms. The molecule has 7 heteroatoms. The Bertz CT molecular complexity index is 1040. The summed E-state index contributed by atoms with van der Waals surface area (Å²) in [4.78, 5) is 24.8. The number of allylic oxidation sites excluding steroid dienone is 1. The zero-order valence-electron chi connectivity index (χ0n) is 18.5. The van der Waals surface area contributed by atoms with Crippen LogP contribution in [0.5, 0.6) is 23.0 Å². The number of fused-ring (bicyclic) bond motifs is 1. The van der Waals surface area contributed by atoms with Crippen molar-refractivity contribution < 1.29 is 33.3 Å². The van der Waals surface area contributed by atoms with Crippen molar-refractivity contribution in [3.05, 3.63) is 52.8 Å². The van der Waals surface area contributed by atoms with Crippen molar-refractivity contribution in [1.82, 2.24) is 0 Å². The summed E-state index contributed by atoms with van der Waals surface area (Å²) in [7, 11) is 3.08. The highest BCUT2D eigenvalue weighted by atomic mass is 16.6. The highest BCUT2D eigenvalue weighted by Gasteiger charge is 2.31. The molecule has 31 heavy (non-hydrogen) atoms. The van der Waals surface area contributed by atoms with Gasteiger partial charge in [0.25, 0.3) is 0 Å². The van der Waals surface area contributed by atoms with Gasteiger partial charge in [-0.25, -0.2) is 4.79 Å². The number of ketones is 1. The molecule has 0 saturated carbocycles. The maximum atomic E-state index is 12.9. The second kappa shape index (κ2) is 8.71. The van der Waals surface area contributed by atoms with Crippen LogP contribution in [0.2, 0.25) is 0 Å². The largest absolute Gasteiger partial charge is 0.493 e. The van der Waals surface area contributed by atoms with Gasteiger partial charge in [-0.3, -0.25) is 4.79 Å². The molecule has 7 nitrogen and oxygen atoms in total. The molecule has 0 fully saturated rings. The van der Waals surface area contributed by atoms with Gasteiger partial charge >= 0.3 is 5.97 Å². The van der Waals surface area contributed by atoms with E-state index in [1.54, 1.807) is 71.2 Å². The summed E-state index contributed by atoms with van der Waals surface area (Å²) in [5.74, 6) is 1.33. The van der Waals surface area contributed by atoms with Crippen LogP contribution in [0.4, 0.5) is 0 Å². The second-order valence-corrected chi connectivity index (χ2v) is 7.96. The number of carbonyl (C=O) groups excluding carboxylic acids is 2. The predicted octanol–water partition coefficient (Wildman–Crippen LogP) is 4.35. The third-order valence-corrected chi connectivity index (χ3v) is 4.52. The number of methoxy groups -OCH3 is 2. The summed E-state index contributed by atoms with van der Waals surface area (Å²) < 4.78 is 27.5. The second-order valence-electron chi connectivity index (χ2n) is 7.96. The minimum absolute atomic E-state index is 0.161. The third-order valence-electron chi connectivity index (χ3n) is 4.52. The van der Waals surface area contributed by atoms with Crippen molar-refractivity contribution in [3.8, 4) is 23.0 Å². The van der Waals surface area contributed by atoms with E-state index in [2.05, 4.69) is 0 Å². The molecule has 1 aliphatic heterocycles. The lowest BCUT2D eigenvalue weighted by molar-refractivity contribution is -0.157. The van der Waals surface area contributed by atoms with Gasteiger partial charge in [0.15, 0.2) is 23.9 Å². The Morgan fingerprint density at radius 3 is 2.45 bits per heavy atom. The Hall–Kier alpha value is -3.48. The van der Waals surface area contributed by atoms with Crippen LogP contribution in [0.25, 0.3) is 6.08 Å². The number of ether oxygens (including phenoxy) is 5. The van der Waals surface area contributed by atoms with Gasteiger partial charge < -0.3 is 23.7 Å². The molecule has 0 bridgehead atoms. The van der Waals surface area contributed by atoms with Crippen molar-refractivity contribution in [3.63, 3.8) is 0 Å². The minimum Gasteiger partial charge on any atom is -0.493 e. The van der Waals surface area contributed by atoms with Gasteiger partial charge in [0.05, 0.1) is 19.8 Å². The molecule has 0 saturated heterocycles. The zero-order valence-corrected chi connectivity index (χ0v) is 18.5. The smallest absolute Gasteiger partial charge is 0.344 e. The molecule has 0 radical (unpaired) electrons. The average molecular weight is 426 g/mol. The van der Waals surface area contributed by atoms with Gasteiger partial charge in [-0.15, -0.1) is 0 Å². The number of Topliss-reactive ketones (excluding diaryl/α,β-unsaturated/α-hetero) is 1. The third kappa shape index (κ3) is 4.82. The topological polar surface area (TPSA) is 80.3 Å². The maximum absolute atomic E-state index is 12.9. The molecule has 1 heterocycles. The summed E-state index contributed by atoms with van der Waals surface area (Å²) in [5.41, 5.74) is 1.10. The van der Waals surface area contributed by atoms with Crippen LogP contribution in [0.3, 0.4) is 0 Å². The lowest BCUT2D eigenvalue weighted by Crippen LogP contribution is -2.27. The fraction of sp³-hybridized carbons (Fsp3) is 0.333. The molecule has 2 aromatic rings.